The highest BCUT2D eigenvalue weighted by Gasteiger charge is 2.53. The second-order valence-electron chi connectivity index (χ2n) is 8.26. The lowest BCUT2D eigenvalue weighted by Gasteiger charge is -2.47. The van der Waals surface area contributed by atoms with E-state index in [1.807, 2.05) is 26.8 Å². The lowest BCUT2D eigenvalue weighted by atomic mass is 9.79. The number of hydrogen-bond acceptors (Lipinski definition) is 5. The Hall–Kier alpha value is -2.97. The Kier molecular flexibility index (Phi) is 5.10. The number of guanidine groups is 1. The van der Waals surface area contributed by atoms with Gasteiger partial charge in [-0.25, -0.2) is 9.79 Å². The SMILES string of the molecule is C=NC(=NC)Nc1cncc(N2CC3(CC2=O)CN(C(=O)OC(C)(C)C)C3)c1. The Balaban J connectivity index is 1.66. The molecule has 2 saturated heterocycles. The molecular formula is C19H26N6O3. The first-order valence-electron chi connectivity index (χ1n) is 9.09. The molecule has 0 saturated carbocycles. The summed E-state index contributed by atoms with van der Waals surface area (Å²) in [7, 11) is 1.61. The second kappa shape index (κ2) is 7.21. The summed E-state index contributed by atoms with van der Waals surface area (Å²) in [5.74, 6) is 0.393. The molecule has 1 spiro atoms. The predicted octanol–water partition coefficient (Wildman–Crippen LogP) is 2.15. The maximum absolute atomic E-state index is 12.6. The maximum atomic E-state index is 12.6. The molecule has 3 heterocycles. The van der Waals surface area contributed by atoms with Crippen LogP contribution in [0.1, 0.15) is 27.2 Å². The smallest absolute Gasteiger partial charge is 0.410 e. The first-order valence-corrected chi connectivity index (χ1v) is 9.09. The highest BCUT2D eigenvalue weighted by molar-refractivity contribution is 5.99. The number of amides is 2. The van der Waals surface area contributed by atoms with Crippen LogP contribution in [0.3, 0.4) is 0 Å². The second-order valence-corrected chi connectivity index (χ2v) is 8.26. The van der Waals surface area contributed by atoms with Crippen LogP contribution in [0.5, 0.6) is 0 Å². The zero-order valence-corrected chi connectivity index (χ0v) is 16.7. The lowest BCUT2D eigenvalue weighted by Crippen LogP contribution is -2.60. The van der Waals surface area contributed by atoms with Crippen molar-refractivity contribution < 1.29 is 14.3 Å². The molecule has 3 rings (SSSR count). The van der Waals surface area contributed by atoms with Gasteiger partial charge in [0, 0.05) is 38.5 Å². The molecule has 1 aromatic heterocycles. The van der Waals surface area contributed by atoms with Crippen LogP contribution in [0.4, 0.5) is 16.2 Å². The third-order valence-electron chi connectivity index (χ3n) is 4.68. The van der Waals surface area contributed by atoms with E-state index in [0.29, 0.717) is 43.4 Å². The molecule has 2 fully saturated rings. The molecule has 0 bridgehead atoms. The van der Waals surface area contributed by atoms with Gasteiger partial charge in [0.05, 0.1) is 23.8 Å². The number of nitrogens with zero attached hydrogens (tertiary/aromatic N) is 5. The molecule has 0 atom stereocenters. The Labute approximate surface area is 164 Å². The summed E-state index contributed by atoms with van der Waals surface area (Å²) < 4.78 is 5.40. The molecule has 0 unspecified atom stereocenters. The standard InChI is InChI=1S/C19H26N6O3/c1-18(2,3)28-17(27)24-10-19(11-24)7-15(26)25(12-19)14-6-13(8-22-9-14)23-16(20-4)21-5/h6,8-9H,4,7,10-12H2,1-3,5H3,(H,21,23). The number of pyridine rings is 1. The minimum absolute atomic E-state index is 0.0222. The molecule has 0 aliphatic carbocycles. The molecule has 28 heavy (non-hydrogen) atoms. The number of aromatic nitrogens is 1. The van der Waals surface area contributed by atoms with Crippen molar-refractivity contribution in [1.29, 1.82) is 0 Å². The van der Waals surface area contributed by atoms with Crippen molar-refractivity contribution in [2.45, 2.75) is 32.8 Å². The van der Waals surface area contributed by atoms with E-state index < -0.39 is 5.60 Å². The van der Waals surface area contributed by atoms with Crippen LogP contribution >= 0.6 is 0 Å². The molecule has 9 heteroatoms. The van der Waals surface area contributed by atoms with Crippen molar-refractivity contribution in [3.05, 3.63) is 18.5 Å². The Morgan fingerprint density at radius 1 is 1.32 bits per heavy atom. The van der Waals surface area contributed by atoms with E-state index >= 15 is 0 Å². The number of carbonyl (C=O) groups excluding carboxylic acids is 2. The van der Waals surface area contributed by atoms with Crippen molar-refractivity contribution in [2.24, 2.45) is 15.4 Å². The van der Waals surface area contributed by atoms with Gasteiger partial charge in [-0.3, -0.25) is 14.8 Å². The normalized spacial score (nSPS) is 18.9. The zero-order valence-electron chi connectivity index (χ0n) is 16.7. The minimum Gasteiger partial charge on any atom is -0.444 e. The number of nitrogens with one attached hydrogen (secondary N) is 1. The van der Waals surface area contributed by atoms with E-state index in [4.69, 9.17) is 4.74 Å². The fraction of sp³-hybridized carbons (Fsp3) is 0.526. The molecule has 0 radical (unpaired) electrons. The summed E-state index contributed by atoms with van der Waals surface area (Å²) >= 11 is 0. The van der Waals surface area contributed by atoms with E-state index in [1.165, 1.54) is 0 Å². The molecule has 2 aliphatic heterocycles. The molecule has 1 aromatic rings. The number of carbonyl (C=O) groups is 2. The number of hydrogen-bond donors (Lipinski definition) is 1. The Bertz CT molecular complexity index is 823. The quantitative estimate of drug-likeness (QED) is 0.620. The Morgan fingerprint density at radius 2 is 2.04 bits per heavy atom. The minimum atomic E-state index is -0.530. The molecule has 9 nitrogen and oxygen atoms in total. The van der Waals surface area contributed by atoms with E-state index in [0.717, 1.165) is 0 Å². The summed E-state index contributed by atoms with van der Waals surface area (Å²) in [5.41, 5.74) is 0.610. The average Bonchev–Trinajstić information content (AvgIpc) is 2.95. The lowest BCUT2D eigenvalue weighted by molar-refractivity contribution is -0.119. The highest BCUT2D eigenvalue weighted by Crippen LogP contribution is 2.42. The summed E-state index contributed by atoms with van der Waals surface area (Å²) in [6.07, 6.45) is 3.35. The number of ether oxygens (including phenoxy) is 1. The largest absolute Gasteiger partial charge is 0.444 e. The fourth-order valence-corrected chi connectivity index (χ4v) is 3.50. The molecular weight excluding hydrogens is 360 g/mol. The number of anilines is 2. The van der Waals surface area contributed by atoms with Gasteiger partial charge in [-0.05, 0) is 33.6 Å². The van der Waals surface area contributed by atoms with Crippen LogP contribution in [-0.4, -0.2) is 66.8 Å². The maximum Gasteiger partial charge on any atom is 0.410 e. The zero-order chi connectivity index (χ0) is 20.5. The van der Waals surface area contributed by atoms with Crippen molar-refractivity contribution >= 4 is 36.1 Å². The summed E-state index contributed by atoms with van der Waals surface area (Å²) in [5, 5.41) is 3.00. The third kappa shape index (κ3) is 4.13. The van der Waals surface area contributed by atoms with Gasteiger partial charge in [-0.2, -0.15) is 0 Å². The predicted molar refractivity (Wildman–Crippen MR) is 108 cm³/mol. The fourth-order valence-electron chi connectivity index (χ4n) is 3.50. The van der Waals surface area contributed by atoms with E-state index in [2.05, 4.69) is 27.0 Å². The van der Waals surface area contributed by atoms with Crippen molar-refractivity contribution in [1.82, 2.24) is 9.88 Å². The Morgan fingerprint density at radius 3 is 2.64 bits per heavy atom. The van der Waals surface area contributed by atoms with E-state index in [9.17, 15) is 9.59 Å². The van der Waals surface area contributed by atoms with Gasteiger partial charge in [0.2, 0.25) is 11.9 Å². The van der Waals surface area contributed by atoms with Gasteiger partial charge in [-0.1, -0.05) is 0 Å². The molecule has 0 aromatic carbocycles. The van der Waals surface area contributed by atoms with Crippen LogP contribution in [-0.2, 0) is 9.53 Å². The highest BCUT2D eigenvalue weighted by atomic mass is 16.6. The first-order chi connectivity index (χ1) is 13.1. The number of rotatable bonds is 2. The summed E-state index contributed by atoms with van der Waals surface area (Å²) in [4.78, 5) is 40.1. The molecule has 150 valence electrons. The summed E-state index contributed by atoms with van der Waals surface area (Å²) in [6, 6.07) is 1.82. The topological polar surface area (TPSA) is 99.5 Å². The van der Waals surface area contributed by atoms with Gasteiger partial charge >= 0.3 is 6.09 Å². The van der Waals surface area contributed by atoms with Gasteiger partial charge in [-0.15, -0.1) is 0 Å². The van der Waals surface area contributed by atoms with E-state index in [-0.39, 0.29) is 17.4 Å². The molecule has 2 amide bonds. The van der Waals surface area contributed by atoms with Crippen molar-refractivity contribution in [2.75, 3.05) is 36.9 Å². The monoisotopic (exact) mass is 386 g/mol. The average molecular weight is 386 g/mol. The molecule has 2 aliphatic rings. The van der Waals surface area contributed by atoms with Crippen LogP contribution < -0.4 is 10.2 Å². The summed E-state index contributed by atoms with van der Waals surface area (Å²) in [6.45, 7) is 10.5. The van der Waals surface area contributed by atoms with Crippen LogP contribution in [0.15, 0.2) is 28.4 Å². The molecule has 1 N–H and O–H groups in total. The number of aliphatic imine (C=N–C) groups is 2. The first kappa shape index (κ1) is 19.8. The third-order valence-corrected chi connectivity index (χ3v) is 4.68. The van der Waals surface area contributed by atoms with E-state index in [1.54, 1.807) is 29.2 Å². The van der Waals surface area contributed by atoms with Crippen LogP contribution in [0, 0.1) is 5.41 Å². The van der Waals surface area contributed by atoms with Gasteiger partial charge in [0.15, 0.2) is 0 Å². The van der Waals surface area contributed by atoms with Gasteiger partial charge in [0.1, 0.15) is 5.60 Å². The number of likely N-dealkylation sites (tertiary alicyclic amines) is 1. The van der Waals surface area contributed by atoms with Gasteiger partial charge in [0.25, 0.3) is 0 Å². The van der Waals surface area contributed by atoms with Gasteiger partial charge < -0.3 is 19.9 Å². The van der Waals surface area contributed by atoms with Crippen LogP contribution in [0.2, 0.25) is 0 Å². The van der Waals surface area contributed by atoms with Crippen molar-refractivity contribution in [3.63, 3.8) is 0 Å². The van der Waals surface area contributed by atoms with Crippen molar-refractivity contribution in [3.8, 4) is 0 Å². The van der Waals surface area contributed by atoms with Crippen LogP contribution in [0.25, 0.3) is 0 Å².